The number of benzene rings is 1. The molecule has 0 bridgehead atoms. The Morgan fingerprint density at radius 2 is 1.76 bits per heavy atom. The molecule has 6 heteroatoms. The zero-order valence-electron chi connectivity index (χ0n) is 16.1. The first-order valence-corrected chi connectivity index (χ1v) is 9.79. The van der Waals surface area contributed by atoms with Crippen LogP contribution in [0.3, 0.4) is 0 Å². The summed E-state index contributed by atoms with van der Waals surface area (Å²) in [4.78, 5) is 17.9. The number of nitrogens with zero attached hydrogens (tertiary/aromatic N) is 1. The molecular formula is C19H32N4OS. The van der Waals surface area contributed by atoms with Crippen LogP contribution < -0.4 is 16.0 Å². The van der Waals surface area contributed by atoms with E-state index >= 15 is 0 Å². The molecule has 140 valence electrons. The van der Waals surface area contributed by atoms with E-state index < -0.39 is 5.41 Å². The first-order valence-electron chi connectivity index (χ1n) is 8.91. The van der Waals surface area contributed by atoms with Gasteiger partial charge in [-0.15, -0.1) is 11.8 Å². The summed E-state index contributed by atoms with van der Waals surface area (Å²) >= 11 is 1.83. The molecule has 0 saturated heterocycles. The van der Waals surface area contributed by atoms with Crippen LogP contribution in [0.4, 0.5) is 0 Å². The Balaban J connectivity index is 2.56. The van der Waals surface area contributed by atoms with E-state index in [0.717, 1.165) is 19.0 Å². The number of amides is 1. The first kappa shape index (κ1) is 21.4. The van der Waals surface area contributed by atoms with Crippen LogP contribution in [0.2, 0.25) is 0 Å². The van der Waals surface area contributed by atoms with Gasteiger partial charge in [-0.05, 0) is 39.8 Å². The molecule has 0 aliphatic carbocycles. The van der Waals surface area contributed by atoms with Crippen LogP contribution in [0.15, 0.2) is 40.2 Å². The average molecular weight is 365 g/mol. The fraction of sp³-hybridized carbons (Fsp3) is 0.579. The minimum absolute atomic E-state index is 0.0302. The first-order chi connectivity index (χ1) is 11.9. The molecule has 0 aliphatic rings. The molecule has 3 N–H and O–H groups in total. The number of hydrogen-bond donors (Lipinski definition) is 3. The molecule has 5 nitrogen and oxygen atoms in total. The highest BCUT2D eigenvalue weighted by atomic mass is 32.2. The summed E-state index contributed by atoms with van der Waals surface area (Å²) in [6.45, 7) is 12.6. The summed E-state index contributed by atoms with van der Waals surface area (Å²) in [5.41, 5.74) is -0.525. The Kier molecular flexibility index (Phi) is 9.42. The summed E-state index contributed by atoms with van der Waals surface area (Å²) in [6.07, 6.45) is 0. The van der Waals surface area contributed by atoms with Crippen molar-refractivity contribution < 1.29 is 4.79 Å². The molecule has 0 spiro atoms. The van der Waals surface area contributed by atoms with Gasteiger partial charge in [0, 0.05) is 29.8 Å². The summed E-state index contributed by atoms with van der Waals surface area (Å²) in [7, 11) is 0. The van der Waals surface area contributed by atoms with Gasteiger partial charge < -0.3 is 16.0 Å². The second-order valence-corrected chi connectivity index (χ2v) is 8.07. The molecule has 1 aromatic carbocycles. The van der Waals surface area contributed by atoms with Crippen LogP contribution in [0.1, 0.15) is 34.6 Å². The third-order valence-corrected chi connectivity index (χ3v) is 4.68. The molecule has 1 amide bonds. The van der Waals surface area contributed by atoms with Crippen LogP contribution >= 0.6 is 11.8 Å². The van der Waals surface area contributed by atoms with Crippen molar-refractivity contribution in [3.05, 3.63) is 30.3 Å². The summed E-state index contributed by atoms with van der Waals surface area (Å²) in [5.74, 6) is 0.781. The molecule has 0 radical (unpaired) electrons. The number of aliphatic imine (C=N–C) groups is 1. The number of carbonyl (C=O) groups excluding carboxylic acids is 1. The molecule has 1 unspecified atom stereocenters. The highest BCUT2D eigenvalue weighted by Crippen LogP contribution is 2.22. The van der Waals surface area contributed by atoms with E-state index in [1.807, 2.05) is 45.5 Å². The molecular weight excluding hydrogens is 332 g/mol. The normalized spacial score (nSPS) is 13.2. The van der Waals surface area contributed by atoms with Gasteiger partial charge in [-0.1, -0.05) is 25.1 Å². The van der Waals surface area contributed by atoms with Gasteiger partial charge in [0.25, 0.3) is 0 Å². The number of nitrogens with one attached hydrogen (secondary N) is 3. The maximum absolute atomic E-state index is 12.1. The van der Waals surface area contributed by atoms with Crippen LogP contribution in [0.5, 0.6) is 0 Å². The third-order valence-electron chi connectivity index (χ3n) is 3.57. The predicted molar refractivity (Wildman–Crippen MR) is 108 cm³/mol. The van der Waals surface area contributed by atoms with Crippen LogP contribution in [-0.4, -0.2) is 43.3 Å². The predicted octanol–water partition coefficient (Wildman–Crippen LogP) is 2.88. The van der Waals surface area contributed by atoms with E-state index in [1.54, 1.807) is 0 Å². The van der Waals surface area contributed by atoms with Gasteiger partial charge in [0.2, 0.25) is 5.91 Å². The topological polar surface area (TPSA) is 65.5 Å². The summed E-state index contributed by atoms with van der Waals surface area (Å²) in [5, 5.41) is 9.89. The monoisotopic (exact) mass is 364 g/mol. The number of rotatable bonds is 9. The second-order valence-electron chi connectivity index (χ2n) is 6.56. The molecule has 0 fully saturated rings. The van der Waals surface area contributed by atoms with Crippen LogP contribution in [0.25, 0.3) is 0 Å². The van der Waals surface area contributed by atoms with Crippen molar-refractivity contribution in [3.8, 4) is 0 Å². The fourth-order valence-corrected chi connectivity index (χ4v) is 3.05. The van der Waals surface area contributed by atoms with Crippen molar-refractivity contribution in [3.63, 3.8) is 0 Å². The summed E-state index contributed by atoms with van der Waals surface area (Å²) in [6, 6.07) is 10.4. The largest absolute Gasteiger partial charge is 0.357 e. The van der Waals surface area contributed by atoms with Crippen molar-refractivity contribution >= 4 is 23.6 Å². The molecule has 1 rings (SSSR count). The highest BCUT2D eigenvalue weighted by Gasteiger charge is 2.26. The van der Waals surface area contributed by atoms with E-state index in [1.165, 1.54) is 4.90 Å². The lowest BCUT2D eigenvalue weighted by Crippen LogP contribution is -2.43. The lowest BCUT2D eigenvalue weighted by atomic mass is 9.92. The fourth-order valence-electron chi connectivity index (χ4n) is 2.10. The van der Waals surface area contributed by atoms with Crippen molar-refractivity contribution in [2.45, 2.75) is 44.8 Å². The minimum atomic E-state index is -0.525. The number of thioether (sulfide) groups is 1. The standard InChI is InChI=1S/C19H32N4OS/c1-6-20-17(24)19(4,5)14-23-18(21-7-2)22-13-15(3)25-16-11-9-8-10-12-16/h8-12,15H,6-7,13-14H2,1-5H3,(H,20,24)(H2,21,22,23). The van der Waals surface area contributed by atoms with Gasteiger partial charge in [0.1, 0.15) is 0 Å². The maximum atomic E-state index is 12.1. The van der Waals surface area contributed by atoms with Gasteiger partial charge in [-0.2, -0.15) is 0 Å². The highest BCUT2D eigenvalue weighted by molar-refractivity contribution is 8.00. The van der Waals surface area contributed by atoms with Crippen molar-refractivity contribution in [1.29, 1.82) is 0 Å². The minimum Gasteiger partial charge on any atom is -0.357 e. The van der Waals surface area contributed by atoms with Crippen molar-refractivity contribution in [2.75, 3.05) is 26.2 Å². The van der Waals surface area contributed by atoms with E-state index in [0.29, 0.717) is 18.3 Å². The molecule has 1 aromatic rings. The van der Waals surface area contributed by atoms with Gasteiger partial charge in [0.05, 0.1) is 12.0 Å². The summed E-state index contributed by atoms with van der Waals surface area (Å²) < 4.78 is 0. The average Bonchev–Trinajstić information content (AvgIpc) is 2.58. The zero-order chi connectivity index (χ0) is 18.7. The lowest BCUT2D eigenvalue weighted by molar-refractivity contribution is -0.128. The van der Waals surface area contributed by atoms with Crippen molar-refractivity contribution in [1.82, 2.24) is 16.0 Å². The number of carbonyl (C=O) groups is 1. The molecule has 1 atom stereocenters. The van der Waals surface area contributed by atoms with E-state index in [-0.39, 0.29) is 5.91 Å². The Hall–Kier alpha value is -1.69. The quantitative estimate of drug-likeness (QED) is 0.358. The van der Waals surface area contributed by atoms with Crippen molar-refractivity contribution in [2.24, 2.45) is 10.4 Å². The lowest BCUT2D eigenvalue weighted by Gasteiger charge is -2.22. The number of hydrogen-bond acceptors (Lipinski definition) is 3. The third kappa shape index (κ3) is 8.29. The molecule has 0 heterocycles. The molecule has 25 heavy (non-hydrogen) atoms. The van der Waals surface area contributed by atoms with Gasteiger partial charge in [-0.3, -0.25) is 9.79 Å². The zero-order valence-corrected chi connectivity index (χ0v) is 16.9. The second kappa shape index (κ2) is 11.0. The van der Waals surface area contributed by atoms with Crippen LogP contribution in [0, 0.1) is 5.41 Å². The van der Waals surface area contributed by atoms with Gasteiger partial charge in [0.15, 0.2) is 5.96 Å². The Morgan fingerprint density at radius 3 is 2.36 bits per heavy atom. The SMILES string of the molecule is CCNC(=O)C(C)(C)CN=C(NCC)NCC(C)Sc1ccccc1. The molecule has 0 aliphatic heterocycles. The molecule has 0 aromatic heterocycles. The van der Waals surface area contributed by atoms with Gasteiger partial charge in [-0.25, -0.2) is 0 Å². The van der Waals surface area contributed by atoms with E-state index in [4.69, 9.17) is 0 Å². The Bertz CT molecular complexity index is 546. The number of guanidine groups is 1. The van der Waals surface area contributed by atoms with Gasteiger partial charge >= 0.3 is 0 Å². The van der Waals surface area contributed by atoms with E-state index in [2.05, 4.69) is 52.1 Å². The Labute approximate surface area is 156 Å². The molecule has 0 saturated carbocycles. The van der Waals surface area contributed by atoms with E-state index in [9.17, 15) is 4.79 Å². The Morgan fingerprint density at radius 1 is 1.12 bits per heavy atom. The smallest absolute Gasteiger partial charge is 0.227 e. The van der Waals surface area contributed by atoms with Crippen LogP contribution in [-0.2, 0) is 4.79 Å². The maximum Gasteiger partial charge on any atom is 0.227 e.